The maximum absolute atomic E-state index is 3.60. The van der Waals surface area contributed by atoms with Crippen molar-refractivity contribution < 1.29 is 0 Å². The van der Waals surface area contributed by atoms with Crippen molar-refractivity contribution in [2.45, 2.75) is 58.9 Å². The third-order valence-electron chi connectivity index (χ3n) is 5.73. The van der Waals surface area contributed by atoms with Crippen molar-refractivity contribution in [3.05, 3.63) is 0 Å². The maximum atomic E-state index is 3.60. The van der Waals surface area contributed by atoms with Crippen LogP contribution < -0.4 is 5.32 Å². The van der Waals surface area contributed by atoms with Gasteiger partial charge in [0.15, 0.2) is 0 Å². The molecule has 20 heavy (non-hydrogen) atoms. The molecule has 0 aromatic rings. The first kappa shape index (κ1) is 16.3. The Morgan fingerprint density at radius 3 is 2.55 bits per heavy atom. The van der Waals surface area contributed by atoms with E-state index < -0.39 is 0 Å². The molecule has 2 fully saturated rings. The number of nitrogens with zero attached hydrogens (tertiary/aromatic N) is 2. The Kier molecular flexibility index (Phi) is 6.31. The summed E-state index contributed by atoms with van der Waals surface area (Å²) < 4.78 is 0. The number of fused-ring (bicyclic) bond motifs is 1. The topological polar surface area (TPSA) is 18.5 Å². The van der Waals surface area contributed by atoms with Crippen molar-refractivity contribution >= 4 is 0 Å². The molecule has 1 N–H and O–H groups in total. The minimum Gasteiger partial charge on any atom is -0.316 e. The van der Waals surface area contributed by atoms with Crippen LogP contribution in [0.5, 0.6) is 0 Å². The Labute approximate surface area is 126 Å². The van der Waals surface area contributed by atoms with Gasteiger partial charge in [0, 0.05) is 38.8 Å². The summed E-state index contributed by atoms with van der Waals surface area (Å²) in [6, 6.07) is 0.850. The second kappa shape index (κ2) is 7.77. The molecule has 1 atom stereocenters. The maximum Gasteiger partial charge on any atom is 0.0223 e. The molecular formula is C17H35N3. The summed E-state index contributed by atoms with van der Waals surface area (Å²) in [7, 11) is 0. The number of rotatable bonds is 7. The van der Waals surface area contributed by atoms with Crippen LogP contribution in [0.4, 0.5) is 0 Å². The lowest BCUT2D eigenvalue weighted by atomic mass is 9.81. The van der Waals surface area contributed by atoms with Crippen LogP contribution in [-0.4, -0.2) is 61.7 Å². The summed E-state index contributed by atoms with van der Waals surface area (Å²) in [6.45, 7) is 15.8. The van der Waals surface area contributed by atoms with Gasteiger partial charge >= 0.3 is 0 Å². The summed E-state index contributed by atoms with van der Waals surface area (Å²) >= 11 is 0. The Morgan fingerprint density at radius 1 is 1.05 bits per heavy atom. The first-order valence-corrected chi connectivity index (χ1v) is 8.90. The number of hydrogen-bond acceptors (Lipinski definition) is 3. The molecular weight excluding hydrogens is 246 g/mol. The van der Waals surface area contributed by atoms with Crippen LogP contribution in [0.15, 0.2) is 0 Å². The van der Waals surface area contributed by atoms with Gasteiger partial charge in [-0.15, -0.1) is 0 Å². The van der Waals surface area contributed by atoms with Gasteiger partial charge in [-0.05, 0) is 44.2 Å². The molecule has 0 aromatic carbocycles. The summed E-state index contributed by atoms with van der Waals surface area (Å²) in [5.74, 6) is 0. The lowest BCUT2D eigenvalue weighted by molar-refractivity contribution is 0.0233. The lowest BCUT2D eigenvalue weighted by Crippen LogP contribution is -2.57. The molecule has 2 saturated heterocycles. The summed E-state index contributed by atoms with van der Waals surface area (Å²) in [6.07, 6.45) is 6.88. The van der Waals surface area contributed by atoms with Gasteiger partial charge in [0.2, 0.25) is 0 Å². The van der Waals surface area contributed by atoms with Gasteiger partial charge in [-0.2, -0.15) is 0 Å². The van der Waals surface area contributed by atoms with Gasteiger partial charge in [-0.1, -0.05) is 27.2 Å². The average molecular weight is 281 g/mol. The van der Waals surface area contributed by atoms with E-state index in [0.717, 1.165) is 12.6 Å². The van der Waals surface area contributed by atoms with Crippen LogP contribution in [0, 0.1) is 5.41 Å². The van der Waals surface area contributed by atoms with E-state index in [2.05, 4.69) is 35.9 Å². The fraction of sp³-hybridized carbons (Fsp3) is 1.00. The normalized spacial score (nSPS) is 25.6. The second-order valence-corrected chi connectivity index (χ2v) is 6.91. The quantitative estimate of drug-likeness (QED) is 0.774. The largest absolute Gasteiger partial charge is 0.316 e. The minimum atomic E-state index is 0.479. The molecule has 3 heteroatoms. The molecule has 0 spiro atoms. The van der Waals surface area contributed by atoms with Gasteiger partial charge in [0.05, 0.1) is 0 Å². The second-order valence-electron chi connectivity index (χ2n) is 6.91. The first-order chi connectivity index (χ1) is 9.73. The summed E-state index contributed by atoms with van der Waals surface area (Å²) in [5, 5.41) is 3.60. The lowest BCUT2D eigenvalue weighted by Gasteiger charge is -2.47. The molecule has 3 nitrogen and oxygen atoms in total. The van der Waals surface area contributed by atoms with E-state index in [0.29, 0.717) is 5.41 Å². The number of hydrogen-bond donors (Lipinski definition) is 1. The van der Waals surface area contributed by atoms with Crippen LogP contribution >= 0.6 is 0 Å². The van der Waals surface area contributed by atoms with Gasteiger partial charge in [-0.3, -0.25) is 9.80 Å². The Morgan fingerprint density at radius 2 is 1.85 bits per heavy atom. The van der Waals surface area contributed by atoms with Crippen LogP contribution in [0.25, 0.3) is 0 Å². The van der Waals surface area contributed by atoms with Gasteiger partial charge in [0.25, 0.3) is 0 Å². The zero-order valence-electron chi connectivity index (χ0n) is 14.0. The molecule has 0 saturated carbocycles. The highest BCUT2D eigenvalue weighted by Gasteiger charge is 2.33. The van der Waals surface area contributed by atoms with Crippen molar-refractivity contribution in [2.24, 2.45) is 5.41 Å². The zero-order valence-corrected chi connectivity index (χ0v) is 14.0. The SMILES string of the molecule is CCNCC(CC)(CC)CN1CCN2CCCCC2C1. The van der Waals surface area contributed by atoms with E-state index in [1.165, 1.54) is 71.4 Å². The molecule has 0 radical (unpaired) electrons. The molecule has 1 unspecified atom stereocenters. The van der Waals surface area contributed by atoms with Crippen molar-refractivity contribution in [2.75, 3.05) is 45.8 Å². The molecule has 2 heterocycles. The number of nitrogens with one attached hydrogen (secondary N) is 1. The Hall–Kier alpha value is -0.120. The predicted octanol–water partition coefficient (Wildman–Crippen LogP) is 2.57. The van der Waals surface area contributed by atoms with E-state index in [9.17, 15) is 0 Å². The molecule has 2 aliphatic rings. The molecule has 118 valence electrons. The van der Waals surface area contributed by atoms with Crippen LogP contribution in [0.2, 0.25) is 0 Å². The van der Waals surface area contributed by atoms with Crippen molar-refractivity contribution in [3.8, 4) is 0 Å². The fourth-order valence-corrected chi connectivity index (χ4v) is 4.01. The molecule has 0 aromatic heterocycles. The highest BCUT2D eigenvalue weighted by molar-refractivity contribution is 4.89. The van der Waals surface area contributed by atoms with Crippen molar-refractivity contribution in [3.63, 3.8) is 0 Å². The van der Waals surface area contributed by atoms with Gasteiger partial charge in [-0.25, -0.2) is 0 Å². The Balaban J connectivity index is 1.89. The average Bonchev–Trinajstić information content (AvgIpc) is 2.51. The van der Waals surface area contributed by atoms with E-state index in [-0.39, 0.29) is 0 Å². The van der Waals surface area contributed by atoms with Crippen LogP contribution in [0.1, 0.15) is 52.9 Å². The van der Waals surface area contributed by atoms with E-state index in [4.69, 9.17) is 0 Å². The highest BCUT2D eigenvalue weighted by atomic mass is 15.3. The van der Waals surface area contributed by atoms with Crippen molar-refractivity contribution in [1.29, 1.82) is 0 Å². The molecule has 2 rings (SSSR count). The zero-order chi connectivity index (χ0) is 14.4. The molecule has 0 amide bonds. The standard InChI is InChI=1S/C17H35N3/c1-4-17(5-2,14-18-6-3)15-19-11-12-20-10-8-7-9-16(20)13-19/h16,18H,4-15H2,1-3H3. The summed E-state index contributed by atoms with van der Waals surface area (Å²) in [4.78, 5) is 5.50. The smallest absolute Gasteiger partial charge is 0.0223 e. The highest BCUT2D eigenvalue weighted by Crippen LogP contribution is 2.29. The third-order valence-corrected chi connectivity index (χ3v) is 5.73. The van der Waals surface area contributed by atoms with Gasteiger partial charge in [0.1, 0.15) is 0 Å². The third kappa shape index (κ3) is 3.96. The number of piperidine rings is 1. The summed E-state index contributed by atoms with van der Waals surface area (Å²) in [5.41, 5.74) is 0.479. The van der Waals surface area contributed by atoms with Gasteiger partial charge < -0.3 is 5.32 Å². The minimum absolute atomic E-state index is 0.479. The Bertz CT molecular complexity index is 275. The fourth-order valence-electron chi connectivity index (χ4n) is 4.01. The first-order valence-electron chi connectivity index (χ1n) is 8.90. The van der Waals surface area contributed by atoms with Crippen LogP contribution in [0.3, 0.4) is 0 Å². The predicted molar refractivity (Wildman–Crippen MR) is 87.2 cm³/mol. The molecule has 0 bridgehead atoms. The molecule has 0 aliphatic carbocycles. The number of piperazine rings is 1. The van der Waals surface area contributed by atoms with Crippen molar-refractivity contribution in [1.82, 2.24) is 15.1 Å². The van der Waals surface area contributed by atoms with Crippen LogP contribution in [-0.2, 0) is 0 Å². The van der Waals surface area contributed by atoms with E-state index >= 15 is 0 Å². The monoisotopic (exact) mass is 281 g/mol. The van der Waals surface area contributed by atoms with E-state index in [1.807, 2.05) is 0 Å². The van der Waals surface area contributed by atoms with E-state index in [1.54, 1.807) is 0 Å². The molecule has 2 aliphatic heterocycles.